The van der Waals surface area contributed by atoms with Gasteiger partial charge in [0, 0.05) is 25.7 Å². The number of amides is 1. The second-order valence-corrected chi connectivity index (χ2v) is 6.88. The Hall–Kier alpha value is -2.24. The van der Waals surface area contributed by atoms with Crippen molar-refractivity contribution in [3.63, 3.8) is 0 Å². The largest absolute Gasteiger partial charge is 0.484 e. The number of nitrogens with one attached hydrogen (secondary N) is 3. The molecule has 0 heterocycles. The van der Waals surface area contributed by atoms with Gasteiger partial charge in [0.25, 0.3) is 5.91 Å². The van der Waals surface area contributed by atoms with Gasteiger partial charge in [-0.05, 0) is 43.4 Å². The number of benzene rings is 1. The minimum atomic E-state index is -0.0571. The second kappa shape index (κ2) is 9.30. The first kappa shape index (κ1) is 19.1. The highest BCUT2D eigenvalue weighted by molar-refractivity contribution is 5.80. The van der Waals surface area contributed by atoms with Crippen molar-refractivity contribution in [1.29, 1.82) is 0 Å². The van der Waals surface area contributed by atoms with E-state index in [9.17, 15) is 4.79 Å². The first-order valence-electron chi connectivity index (χ1n) is 8.96. The summed E-state index contributed by atoms with van der Waals surface area (Å²) in [6.07, 6.45) is 2.16. The summed E-state index contributed by atoms with van der Waals surface area (Å²) in [6, 6.07) is 8.45. The Bertz CT molecular complexity index is 597. The quantitative estimate of drug-likeness (QED) is 0.497. The Morgan fingerprint density at radius 1 is 1.32 bits per heavy atom. The number of ether oxygens (including phenoxy) is 1. The molecular weight excluding hydrogens is 316 g/mol. The molecule has 1 aliphatic rings. The number of aliphatic imine (C=N–C) groups is 1. The Labute approximate surface area is 150 Å². The van der Waals surface area contributed by atoms with Gasteiger partial charge in [-0.3, -0.25) is 9.79 Å². The van der Waals surface area contributed by atoms with Gasteiger partial charge in [0.2, 0.25) is 0 Å². The van der Waals surface area contributed by atoms with Crippen LogP contribution in [0.15, 0.2) is 29.3 Å². The average Bonchev–Trinajstić information content (AvgIpc) is 3.40. The van der Waals surface area contributed by atoms with E-state index in [0.29, 0.717) is 30.3 Å². The summed E-state index contributed by atoms with van der Waals surface area (Å²) in [5.74, 6) is 1.94. The molecule has 6 heteroatoms. The van der Waals surface area contributed by atoms with Crippen LogP contribution in [0.1, 0.15) is 39.2 Å². The van der Waals surface area contributed by atoms with Gasteiger partial charge in [-0.25, -0.2) is 0 Å². The van der Waals surface area contributed by atoms with E-state index in [-0.39, 0.29) is 12.5 Å². The molecule has 0 spiro atoms. The van der Waals surface area contributed by atoms with Crippen molar-refractivity contribution >= 4 is 11.9 Å². The van der Waals surface area contributed by atoms with Crippen molar-refractivity contribution in [2.24, 2.45) is 10.9 Å². The fourth-order valence-electron chi connectivity index (χ4n) is 2.15. The summed E-state index contributed by atoms with van der Waals surface area (Å²) in [4.78, 5) is 15.9. The number of carbonyl (C=O) groups excluding carboxylic acids is 1. The first-order valence-corrected chi connectivity index (χ1v) is 8.96. The van der Waals surface area contributed by atoms with Gasteiger partial charge in [0.1, 0.15) is 5.75 Å². The Balaban J connectivity index is 1.80. The standard InChI is InChI=1S/C19H30N4O2/c1-13(2)14(3)22-19(20-4)21-11-15-6-5-7-17(10-15)25-12-18(24)23-16-8-9-16/h5-7,10,13-14,16H,8-9,11-12H2,1-4H3,(H,23,24)(H2,20,21,22). The maximum Gasteiger partial charge on any atom is 0.258 e. The van der Waals surface area contributed by atoms with Crippen LogP contribution in [0.5, 0.6) is 5.75 Å². The van der Waals surface area contributed by atoms with Crippen LogP contribution in [0.3, 0.4) is 0 Å². The number of guanidine groups is 1. The Morgan fingerprint density at radius 3 is 2.72 bits per heavy atom. The molecule has 0 aliphatic heterocycles. The first-order chi connectivity index (χ1) is 12.0. The molecular formula is C19H30N4O2. The maximum absolute atomic E-state index is 11.7. The average molecular weight is 346 g/mol. The fraction of sp³-hybridized carbons (Fsp3) is 0.579. The van der Waals surface area contributed by atoms with Crippen LogP contribution >= 0.6 is 0 Å². The molecule has 6 nitrogen and oxygen atoms in total. The lowest BCUT2D eigenvalue weighted by Gasteiger charge is -2.20. The molecule has 1 fully saturated rings. The SMILES string of the molecule is CN=C(NCc1cccc(OCC(=O)NC2CC2)c1)NC(C)C(C)C. The second-order valence-electron chi connectivity index (χ2n) is 6.88. The minimum Gasteiger partial charge on any atom is -0.484 e. The molecule has 0 aromatic heterocycles. The van der Waals surface area contributed by atoms with E-state index in [1.54, 1.807) is 7.05 Å². The van der Waals surface area contributed by atoms with Crippen molar-refractivity contribution < 1.29 is 9.53 Å². The summed E-state index contributed by atoms with van der Waals surface area (Å²) in [5.41, 5.74) is 1.07. The topological polar surface area (TPSA) is 74.8 Å². The van der Waals surface area contributed by atoms with Gasteiger partial charge in [-0.1, -0.05) is 26.0 Å². The van der Waals surface area contributed by atoms with Crippen LogP contribution < -0.4 is 20.7 Å². The summed E-state index contributed by atoms with van der Waals surface area (Å²) in [6.45, 7) is 7.17. The molecule has 138 valence electrons. The summed E-state index contributed by atoms with van der Waals surface area (Å²) in [5, 5.41) is 9.59. The zero-order valence-corrected chi connectivity index (χ0v) is 15.6. The molecule has 1 aliphatic carbocycles. The van der Waals surface area contributed by atoms with E-state index < -0.39 is 0 Å². The smallest absolute Gasteiger partial charge is 0.258 e. The van der Waals surface area contributed by atoms with Crippen LogP contribution in [0, 0.1) is 5.92 Å². The fourth-order valence-corrected chi connectivity index (χ4v) is 2.15. The molecule has 1 unspecified atom stereocenters. The van der Waals surface area contributed by atoms with Gasteiger partial charge in [-0.2, -0.15) is 0 Å². The number of rotatable bonds is 8. The lowest BCUT2D eigenvalue weighted by atomic mass is 10.1. The maximum atomic E-state index is 11.7. The van der Waals surface area contributed by atoms with Gasteiger partial charge in [0.05, 0.1) is 0 Å². The number of carbonyl (C=O) groups is 1. The Kier molecular flexibility index (Phi) is 7.10. The zero-order chi connectivity index (χ0) is 18.2. The molecule has 1 aromatic carbocycles. The predicted molar refractivity (Wildman–Crippen MR) is 101 cm³/mol. The Morgan fingerprint density at radius 2 is 2.08 bits per heavy atom. The van der Waals surface area contributed by atoms with Crippen molar-refractivity contribution in [1.82, 2.24) is 16.0 Å². The zero-order valence-electron chi connectivity index (χ0n) is 15.6. The normalized spacial score (nSPS) is 15.6. The third-order valence-corrected chi connectivity index (χ3v) is 4.26. The van der Waals surface area contributed by atoms with Crippen LogP contribution in [-0.2, 0) is 11.3 Å². The summed E-state index contributed by atoms with van der Waals surface area (Å²) < 4.78 is 5.58. The highest BCUT2D eigenvalue weighted by atomic mass is 16.5. The number of hydrogen-bond acceptors (Lipinski definition) is 3. The third kappa shape index (κ3) is 7.03. The van der Waals surface area contributed by atoms with E-state index in [1.165, 1.54) is 0 Å². The summed E-state index contributed by atoms with van der Waals surface area (Å²) in [7, 11) is 1.76. The lowest BCUT2D eigenvalue weighted by Crippen LogP contribution is -2.43. The molecule has 2 rings (SSSR count). The molecule has 0 radical (unpaired) electrons. The van der Waals surface area contributed by atoms with Crippen molar-refractivity contribution in [3.8, 4) is 5.75 Å². The van der Waals surface area contributed by atoms with Crippen molar-refractivity contribution in [2.75, 3.05) is 13.7 Å². The molecule has 0 bridgehead atoms. The molecule has 1 amide bonds. The van der Waals surface area contributed by atoms with E-state index in [1.807, 2.05) is 24.3 Å². The van der Waals surface area contributed by atoms with Gasteiger partial charge in [-0.15, -0.1) is 0 Å². The van der Waals surface area contributed by atoms with E-state index >= 15 is 0 Å². The van der Waals surface area contributed by atoms with Gasteiger partial charge in [0.15, 0.2) is 12.6 Å². The predicted octanol–water partition coefficient (Wildman–Crippen LogP) is 2.05. The van der Waals surface area contributed by atoms with Crippen LogP contribution in [0.25, 0.3) is 0 Å². The molecule has 0 saturated heterocycles. The molecule has 1 saturated carbocycles. The van der Waals surface area contributed by atoms with Gasteiger partial charge >= 0.3 is 0 Å². The third-order valence-electron chi connectivity index (χ3n) is 4.26. The molecule has 25 heavy (non-hydrogen) atoms. The van der Waals surface area contributed by atoms with E-state index in [2.05, 4.69) is 41.7 Å². The van der Waals surface area contributed by atoms with Crippen LogP contribution in [0.4, 0.5) is 0 Å². The van der Waals surface area contributed by atoms with Crippen LogP contribution in [0.2, 0.25) is 0 Å². The van der Waals surface area contributed by atoms with Gasteiger partial charge < -0.3 is 20.7 Å². The number of nitrogens with zero attached hydrogens (tertiary/aromatic N) is 1. The highest BCUT2D eigenvalue weighted by Gasteiger charge is 2.23. The monoisotopic (exact) mass is 346 g/mol. The van der Waals surface area contributed by atoms with E-state index in [0.717, 1.165) is 24.4 Å². The molecule has 1 aromatic rings. The number of hydrogen-bond donors (Lipinski definition) is 3. The molecule has 3 N–H and O–H groups in total. The van der Waals surface area contributed by atoms with Crippen molar-refractivity contribution in [3.05, 3.63) is 29.8 Å². The lowest BCUT2D eigenvalue weighted by molar-refractivity contribution is -0.123. The van der Waals surface area contributed by atoms with E-state index in [4.69, 9.17) is 4.74 Å². The van der Waals surface area contributed by atoms with Crippen molar-refractivity contribution in [2.45, 2.75) is 52.2 Å². The highest BCUT2D eigenvalue weighted by Crippen LogP contribution is 2.18. The molecule has 1 atom stereocenters. The summed E-state index contributed by atoms with van der Waals surface area (Å²) >= 11 is 0. The van der Waals surface area contributed by atoms with Crippen LogP contribution in [-0.4, -0.2) is 37.6 Å². The minimum absolute atomic E-state index is 0.0571.